The van der Waals surface area contributed by atoms with E-state index in [0.29, 0.717) is 28.2 Å². The van der Waals surface area contributed by atoms with E-state index < -0.39 is 35.6 Å². The minimum Gasteiger partial charge on any atom is -0.493 e. The molecule has 0 unspecified atom stereocenters. The van der Waals surface area contributed by atoms with Crippen LogP contribution in [0.15, 0.2) is 46.3 Å². The highest BCUT2D eigenvalue weighted by molar-refractivity contribution is 8.18. The Labute approximate surface area is 194 Å². The molecule has 2 aromatic carbocycles. The molecule has 0 atom stereocenters. The summed E-state index contributed by atoms with van der Waals surface area (Å²) in [6, 6.07) is 5.88. The fraction of sp³-hybridized carbons (Fsp3) is 0.273. The van der Waals surface area contributed by atoms with E-state index in [1.54, 1.807) is 12.1 Å². The molecule has 1 N–H and O–H groups in total. The zero-order valence-corrected chi connectivity index (χ0v) is 18.6. The number of amides is 1. The highest BCUT2D eigenvalue weighted by Crippen LogP contribution is 2.38. The Kier molecular flexibility index (Phi) is 7.49. The van der Waals surface area contributed by atoms with E-state index >= 15 is 0 Å². The van der Waals surface area contributed by atoms with Crippen molar-refractivity contribution in [2.45, 2.75) is 25.9 Å². The van der Waals surface area contributed by atoms with Crippen molar-refractivity contribution >= 4 is 28.9 Å². The molecule has 1 saturated heterocycles. The molecular weight excluding hydrogens is 486 g/mol. The number of thioether (sulfide) groups is 1. The van der Waals surface area contributed by atoms with Gasteiger partial charge in [0.15, 0.2) is 16.7 Å². The van der Waals surface area contributed by atoms with Gasteiger partial charge in [0.1, 0.15) is 6.61 Å². The maximum atomic E-state index is 13.3. The van der Waals surface area contributed by atoms with Gasteiger partial charge in [-0.2, -0.15) is 26.3 Å². The number of carbonyl (C=O) groups excluding carboxylic acids is 1. The van der Waals surface area contributed by atoms with Gasteiger partial charge in [-0.25, -0.2) is 0 Å². The van der Waals surface area contributed by atoms with E-state index in [1.165, 1.54) is 19.2 Å². The van der Waals surface area contributed by atoms with Crippen LogP contribution in [0.4, 0.5) is 26.3 Å². The Morgan fingerprint density at radius 2 is 1.76 bits per heavy atom. The molecule has 1 heterocycles. The number of carbonyl (C=O) groups is 1. The van der Waals surface area contributed by atoms with Gasteiger partial charge in [-0.15, -0.1) is 0 Å². The third kappa shape index (κ3) is 6.04. The van der Waals surface area contributed by atoms with Crippen LogP contribution >= 0.6 is 11.8 Å². The number of benzene rings is 2. The number of aliphatic imine (C=N–C) groups is 1. The van der Waals surface area contributed by atoms with Crippen LogP contribution in [0.3, 0.4) is 0 Å². The topological polar surface area (TPSA) is 59.9 Å². The quantitative estimate of drug-likeness (QED) is 0.394. The van der Waals surface area contributed by atoms with Crippen LogP contribution in [0.25, 0.3) is 6.08 Å². The standard InChI is InChI=1S/C22H18F6N2O3S/c1-3-29-20-30-19(31)18(34-20)9-12-4-7-16(17(8-12)32-2)33-11-13-5-6-14(21(23,24)25)10-15(13)22(26,27)28/h4-10H,3,11H2,1-2H3,(H,29,30,31). The lowest BCUT2D eigenvalue weighted by atomic mass is 10.0. The molecule has 0 aromatic heterocycles. The molecule has 1 aliphatic heterocycles. The van der Waals surface area contributed by atoms with Crippen LogP contribution in [0.2, 0.25) is 0 Å². The summed E-state index contributed by atoms with van der Waals surface area (Å²) in [5.41, 5.74) is -2.74. The first-order valence-electron chi connectivity index (χ1n) is 9.76. The Morgan fingerprint density at radius 1 is 1.03 bits per heavy atom. The first-order valence-corrected chi connectivity index (χ1v) is 10.6. The monoisotopic (exact) mass is 504 g/mol. The highest BCUT2D eigenvalue weighted by Gasteiger charge is 2.38. The van der Waals surface area contributed by atoms with Crippen molar-refractivity contribution in [3.8, 4) is 11.5 Å². The third-order valence-electron chi connectivity index (χ3n) is 4.56. The molecule has 1 amide bonds. The maximum absolute atomic E-state index is 13.3. The molecule has 0 saturated carbocycles. The smallest absolute Gasteiger partial charge is 0.416 e. The summed E-state index contributed by atoms with van der Waals surface area (Å²) in [6.07, 6.45) is -8.33. The van der Waals surface area contributed by atoms with Crippen LogP contribution < -0.4 is 14.8 Å². The number of nitrogens with zero attached hydrogens (tertiary/aromatic N) is 1. The largest absolute Gasteiger partial charge is 0.493 e. The molecule has 182 valence electrons. The molecular formula is C22H18F6N2O3S. The van der Waals surface area contributed by atoms with E-state index in [-0.39, 0.29) is 23.5 Å². The second kappa shape index (κ2) is 10.00. The fourth-order valence-corrected chi connectivity index (χ4v) is 3.87. The predicted molar refractivity (Wildman–Crippen MR) is 115 cm³/mol. The second-order valence-electron chi connectivity index (χ2n) is 6.91. The lowest BCUT2D eigenvalue weighted by Gasteiger charge is -2.17. The Balaban J connectivity index is 1.83. The molecule has 0 radical (unpaired) electrons. The van der Waals surface area contributed by atoms with Gasteiger partial charge in [0.25, 0.3) is 5.91 Å². The molecule has 2 aromatic rings. The summed E-state index contributed by atoms with van der Waals surface area (Å²) in [4.78, 5) is 16.6. The van der Waals surface area contributed by atoms with Crippen LogP contribution in [0.1, 0.15) is 29.2 Å². The molecule has 0 aliphatic carbocycles. The van der Waals surface area contributed by atoms with Gasteiger partial charge in [0.05, 0.1) is 23.1 Å². The first-order chi connectivity index (χ1) is 15.9. The normalized spacial score (nSPS) is 16.8. The number of ether oxygens (including phenoxy) is 2. The van der Waals surface area contributed by atoms with Gasteiger partial charge < -0.3 is 14.8 Å². The van der Waals surface area contributed by atoms with Crippen molar-refractivity contribution in [2.75, 3.05) is 13.7 Å². The number of hydrogen-bond donors (Lipinski definition) is 1. The minimum atomic E-state index is -5.00. The lowest BCUT2D eigenvalue weighted by molar-refractivity contribution is -0.143. The number of alkyl halides is 6. The van der Waals surface area contributed by atoms with Gasteiger partial charge in [0, 0.05) is 12.1 Å². The number of methoxy groups -OCH3 is 1. The number of rotatable bonds is 6. The SMILES string of the molecule is CCN=C1NC(=O)C(=Cc2ccc(OCc3ccc(C(F)(F)F)cc3C(F)(F)F)c(OC)c2)S1. The molecule has 1 fully saturated rings. The van der Waals surface area contributed by atoms with E-state index in [9.17, 15) is 31.1 Å². The fourth-order valence-electron chi connectivity index (χ4n) is 2.99. The average Bonchev–Trinajstić information content (AvgIpc) is 3.10. The molecule has 0 bridgehead atoms. The predicted octanol–water partition coefficient (Wildman–Crippen LogP) is 5.89. The van der Waals surface area contributed by atoms with E-state index in [1.807, 2.05) is 6.92 Å². The third-order valence-corrected chi connectivity index (χ3v) is 5.51. The molecule has 12 heteroatoms. The minimum absolute atomic E-state index is 0.0611. The van der Waals surface area contributed by atoms with E-state index in [0.717, 1.165) is 17.8 Å². The van der Waals surface area contributed by atoms with Crippen molar-refractivity contribution in [1.82, 2.24) is 5.32 Å². The Hall–Kier alpha value is -3.15. The second-order valence-corrected chi connectivity index (χ2v) is 7.94. The lowest BCUT2D eigenvalue weighted by Crippen LogP contribution is -2.19. The van der Waals surface area contributed by atoms with Crippen molar-refractivity contribution in [3.63, 3.8) is 0 Å². The highest BCUT2D eigenvalue weighted by atomic mass is 32.2. The average molecular weight is 504 g/mol. The van der Waals surface area contributed by atoms with Crippen LogP contribution in [-0.4, -0.2) is 24.7 Å². The van der Waals surface area contributed by atoms with Crippen LogP contribution in [0, 0.1) is 0 Å². The Bertz CT molecular complexity index is 1140. The van der Waals surface area contributed by atoms with Crippen molar-refractivity contribution in [2.24, 2.45) is 4.99 Å². The van der Waals surface area contributed by atoms with E-state index in [4.69, 9.17) is 9.47 Å². The first kappa shape index (κ1) is 25.5. The summed E-state index contributed by atoms with van der Waals surface area (Å²) < 4.78 is 89.3. The molecule has 5 nitrogen and oxygen atoms in total. The van der Waals surface area contributed by atoms with Crippen molar-refractivity contribution in [1.29, 1.82) is 0 Å². The summed E-state index contributed by atoms with van der Waals surface area (Å²) >= 11 is 1.16. The number of amidine groups is 1. The summed E-state index contributed by atoms with van der Waals surface area (Å²) in [5, 5.41) is 3.10. The molecule has 1 aliphatic rings. The van der Waals surface area contributed by atoms with E-state index in [2.05, 4.69) is 10.3 Å². The van der Waals surface area contributed by atoms with Gasteiger partial charge in [-0.05, 0) is 54.6 Å². The summed E-state index contributed by atoms with van der Waals surface area (Å²) in [6.45, 7) is 1.69. The summed E-state index contributed by atoms with van der Waals surface area (Å²) in [7, 11) is 1.32. The van der Waals surface area contributed by atoms with Gasteiger partial charge >= 0.3 is 12.4 Å². The van der Waals surface area contributed by atoms with Crippen LogP contribution in [0.5, 0.6) is 11.5 Å². The molecule has 34 heavy (non-hydrogen) atoms. The van der Waals surface area contributed by atoms with Gasteiger partial charge in [-0.3, -0.25) is 9.79 Å². The van der Waals surface area contributed by atoms with Gasteiger partial charge in [-0.1, -0.05) is 12.1 Å². The number of halogens is 6. The Morgan fingerprint density at radius 3 is 2.38 bits per heavy atom. The molecule has 0 spiro atoms. The number of nitrogens with one attached hydrogen (secondary N) is 1. The van der Waals surface area contributed by atoms with Crippen LogP contribution in [-0.2, 0) is 23.8 Å². The summed E-state index contributed by atoms with van der Waals surface area (Å²) in [5.74, 6) is -0.0754. The van der Waals surface area contributed by atoms with Gasteiger partial charge in [0.2, 0.25) is 0 Å². The zero-order valence-electron chi connectivity index (χ0n) is 17.8. The number of hydrogen-bond acceptors (Lipinski definition) is 5. The van der Waals surface area contributed by atoms with Crippen molar-refractivity contribution < 1.29 is 40.6 Å². The zero-order chi connectivity index (χ0) is 25.1. The van der Waals surface area contributed by atoms with Crippen molar-refractivity contribution in [3.05, 3.63) is 63.6 Å². The maximum Gasteiger partial charge on any atom is 0.416 e. The molecule has 3 rings (SSSR count).